The molecule has 0 spiro atoms. The predicted octanol–water partition coefficient (Wildman–Crippen LogP) is 3.05. The second-order valence-corrected chi connectivity index (χ2v) is 10.9. The predicted molar refractivity (Wildman–Crippen MR) is 109 cm³/mol. The van der Waals surface area contributed by atoms with Crippen molar-refractivity contribution >= 4 is 22.0 Å². The minimum atomic E-state index is -3.72. The Morgan fingerprint density at radius 3 is 2.40 bits per heavy atom. The Bertz CT molecular complexity index is 907. The molecule has 1 unspecified atom stereocenters. The molecule has 1 aromatic rings. The Labute approximate surface area is 177 Å². The van der Waals surface area contributed by atoms with Gasteiger partial charge in [0, 0.05) is 19.2 Å². The van der Waals surface area contributed by atoms with Crippen molar-refractivity contribution in [1.82, 2.24) is 14.7 Å². The highest BCUT2D eigenvalue weighted by Gasteiger charge is 2.39. The fourth-order valence-corrected chi connectivity index (χ4v) is 5.22. The zero-order chi connectivity index (χ0) is 22.3. The number of ether oxygens (including phenoxy) is 1. The van der Waals surface area contributed by atoms with E-state index in [0.717, 1.165) is 25.7 Å². The van der Waals surface area contributed by atoms with E-state index in [1.54, 1.807) is 20.8 Å². The Kier molecular flexibility index (Phi) is 6.20. The van der Waals surface area contributed by atoms with E-state index in [1.807, 2.05) is 6.92 Å². The van der Waals surface area contributed by atoms with Crippen molar-refractivity contribution in [1.29, 1.82) is 0 Å². The number of amides is 2. The van der Waals surface area contributed by atoms with Crippen molar-refractivity contribution in [2.75, 3.05) is 13.1 Å². The van der Waals surface area contributed by atoms with Crippen LogP contribution in [0.15, 0.2) is 15.4 Å². The number of hydrogen-bond acceptors (Lipinski definition) is 6. The maximum absolute atomic E-state index is 13.2. The zero-order valence-corrected chi connectivity index (χ0v) is 19.0. The molecule has 0 radical (unpaired) electrons. The minimum Gasteiger partial charge on any atom is -0.455 e. The van der Waals surface area contributed by atoms with Gasteiger partial charge in [-0.3, -0.25) is 4.79 Å². The lowest BCUT2D eigenvalue weighted by molar-refractivity contribution is 0.0197. The molecule has 1 saturated heterocycles. The third-order valence-corrected chi connectivity index (χ3v) is 7.31. The number of nitrogens with zero attached hydrogens (tertiary/aromatic N) is 2. The van der Waals surface area contributed by atoms with E-state index >= 15 is 0 Å². The summed E-state index contributed by atoms with van der Waals surface area (Å²) < 4.78 is 38.0. The summed E-state index contributed by atoms with van der Waals surface area (Å²) >= 11 is 0. The minimum absolute atomic E-state index is 0.0101. The van der Waals surface area contributed by atoms with Gasteiger partial charge in [-0.1, -0.05) is 0 Å². The van der Waals surface area contributed by atoms with E-state index in [1.165, 1.54) is 22.3 Å². The Balaban J connectivity index is 1.85. The molecule has 1 aliphatic heterocycles. The molecule has 9 nitrogen and oxygen atoms in total. The van der Waals surface area contributed by atoms with Crippen LogP contribution in [0, 0.1) is 12.8 Å². The Morgan fingerprint density at radius 2 is 1.87 bits per heavy atom. The monoisotopic (exact) mass is 441 g/mol. The molecular weight excluding hydrogens is 410 g/mol. The van der Waals surface area contributed by atoms with Gasteiger partial charge in [-0.05, 0) is 66.2 Å². The maximum Gasteiger partial charge on any atom is 0.426 e. The van der Waals surface area contributed by atoms with Gasteiger partial charge in [-0.25, -0.2) is 23.6 Å². The third-order valence-electron chi connectivity index (χ3n) is 5.31. The maximum atomic E-state index is 13.2. The number of rotatable bonds is 5. The molecule has 1 saturated carbocycles. The molecule has 2 heterocycles. The standard InChI is InChI=1S/C20H31N3O6S/c1-13(15-8-9-15)23(21-19(25)29-20(3,4)5)18(24)16-12-17(14(2)28-16)30(26,27)22-10-6-7-11-22/h12-13,15H,6-11H2,1-5H3,(H,21,25). The number of hydrogen-bond donors (Lipinski definition) is 1. The second-order valence-electron chi connectivity index (χ2n) is 9.01. The Morgan fingerprint density at radius 1 is 1.27 bits per heavy atom. The average molecular weight is 442 g/mol. The van der Waals surface area contributed by atoms with Crippen molar-refractivity contribution in [3.63, 3.8) is 0 Å². The molecule has 0 bridgehead atoms. The van der Waals surface area contributed by atoms with Gasteiger partial charge in [0.25, 0.3) is 0 Å². The van der Waals surface area contributed by atoms with Crippen LogP contribution in [0.1, 0.15) is 69.7 Å². The summed E-state index contributed by atoms with van der Waals surface area (Å²) in [5.74, 6) is -0.325. The fraction of sp³-hybridized carbons (Fsp3) is 0.700. The van der Waals surface area contributed by atoms with E-state index in [4.69, 9.17) is 9.15 Å². The first kappa shape index (κ1) is 22.6. The lowest BCUT2D eigenvalue weighted by Crippen LogP contribution is -2.52. The molecule has 2 fully saturated rings. The van der Waals surface area contributed by atoms with Crippen LogP contribution < -0.4 is 5.43 Å². The largest absolute Gasteiger partial charge is 0.455 e. The number of nitrogens with one attached hydrogen (secondary N) is 1. The number of carbonyl (C=O) groups is 2. The number of aryl methyl sites for hydroxylation is 1. The van der Waals surface area contributed by atoms with Crippen molar-refractivity contribution in [3.05, 3.63) is 17.6 Å². The van der Waals surface area contributed by atoms with Crippen molar-refractivity contribution in [2.45, 2.75) is 76.8 Å². The Hall–Kier alpha value is -2.07. The van der Waals surface area contributed by atoms with Gasteiger partial charge < -0.3 is 9.15 Å². The highest BCUT2D eigenvalue weighted by molar-refractivity contribution is 7.89. The number of sulfonamides is 1. The normalized spacial score (nSPS) is 18.8. The molecule has 1 N–H and O–H groups in total. The quantitative estimate of drug-likeness (QED) is 0.704. The molecule has 2 aliphatic rings. The van der Waals surface area contributed by atoms with Crippen LogP contribution >= 0.6 is 0 Å². The lowest BCUT2D eigenvalue weighted by atomic mass is 10.2. The molecule has 3 rings (SSSR count). The van der Waals surface area contributed by atoms with Crippen LogP contribution in [0.5, 0.6) is 0 Å². The lowest BCUT2D eigenvalue weighted by Gasteiger charge is -2.30. The highest BCUT2D eigenvalue weighted by Crippen LogP contribution is 2.35. The zero-order valence-electron chi connectivity index (χ0n) is 18.2. The van der Waals surface area contributed by atoms with Gasteiger partial charge in [-0.15, -0.1) is 0 Å². The highest BCUT2D eigenvalue weighted by atomic mass is 32.2. The number of furan rings is 1. The first-order valence-electron chi connectivity index (χ1n) is 10.3. The summed E-state index contributed by atoms with van der Waals surface area (Å²) in [7, 11) is -3.72. The van der Waals surface area contributed by atoms with Gasteiger partial charge in [0.15, 0.2) is 5.76 Å². The van der Waals surface area contributed by atoms with E-state index < -0.39 is 27.6 Å². The van der Waals surface area contributed by atoms with E-state index in [9.17, 15) is 18.0 Å². The fourth-order valence-electron chi connectivity index (χ4n) is 3.54. The van der Waals surface area contributed by atoms with Gasteiger partial charge in [0.05, 0.1) is 6.04 Å². The first-order chi connectivity index (χ1) is 13.9. The summed E-state index contributed by atoms with van der Waals surface area (Å²) in [5.41, 5.74) is 1.80. The topological polar surface area (TPSA) is 109 Å². The molecule has 30 heavy (non-hydrogen) atoms. The van der Waals surface area contributed by atoms with Gasteiger partial charge in [0.2, 0.25) is 10.0 Å². The molecule has 2 amide bonds. The third kappa shape index (κ3) is 4.97. The second kappa shape index (κ2) is 8.22. The smallest absolute Gasteiger partial charge is 0.426 e. The number of hydrazine groups is 1. The van der Waals surface area contributed by atoms with Crippen LogP contribution in [0.2, 0.25) is 0 Å². The van der Waals surface area contributed by atoms with Crippen LogP contribution in [0.4, 0.5) is 4.79 Å². The molecule has 168 valence electrons. The summed E-state index contributed by atoms with van der Waals surface area (Å²) in [4.78, 5) is 25.5. The van der Waals surface area contributed by atoms with Crippen molar-refractivity contribution < 1.29 is 27.2 Å². The summed E-state index contributed by atoms with van der Waals surface area (Å²) in [6.07, 6.45) is 2.78. The van der Waals surface area contributed by atoms with E-state index in [-0.39, 0.29) is 28.4 Å². The van der Waals surface area contributed by atoms with Crippen LogP contribution in [0.3, 0.4) is 0 Å². The average Bonchev–Trinajstić information content (AvgIpc) is 3.16. The summed E-state index contributed by atoms with van der Waals surface area (Å²) in [6, 6.07) is 0.975. The van der Waals surface area contributed by atoms with Gasteiger partial charge >= 0.3 is 12.0 Å². The van der Waals surface area contributed by atoms with Gasteiger partial charge in [0.1, 0.15) is 16.3 Å². The summed E-state index contributed by atoms with van der Waals surface area (Å²) in [6.45, 7) is 9.47. The molecule has 0 aromatic carbocycles. The molecule has 1 aromatic heterocycles. The van der Waals surface area contributed by atoms with E-state index in [0.29, 0.717) is 13.1 Å². The van der Waals surface area contributed by atoms with Gasteiger partial charge in [-0.2, -0.15) is 4.31 Å². The molecule has 1 aliphatic carbocycles. The first-order valence-corrected chi connectivity index (χ1v) is 11.8. The van der Waals surface area contributed by atoms with Crippen molar-refractivity contribution in [3.8, 4) is 0 Å². The molecule has 10 heteroatoms. The molecular formula is C20H31N3O6S. The molecule has 1 atom stereocenters. The van der Waals surface area contributed by atoms with Crippen molar-refractivity contribution in [2.24, 2.45) is 5.92 Å². The summed E-state index contributed by atoms with van der Waals surface area (Å²) in [5, 5.41) is 1.19. The van der Waals surface area contributed by atoms with Crippen LogP contribution in [0.25, 0.3) is 0 Å². The number of carbonyl (C=O) groups excluding carboxylic acids is 2. The van der Waals surface area contributed by atoms with Crippen LogP contribution in [-0.4, -0.2) is 54.5 Å². The van der Waals surface area contributed by atoms with Crippen LogP contribution in [-0.2, 0) is 14.8 Å². The SMILES string of the molecule is Cc1oc(C(=O)N(NC(=O)OC(C)(C)C)C(C)C2CC2)cc1S(=O)(=O)N1CCCC1. The van der Waals surface area contributed by atoms with E-state index in [2.05, 4.69) is 5.43 Å².